The molecule has 0 saturated heterocycles. The average Bonchev–Trinajstić information content (AvgIpc) is 3.66. The predicted molar refractivity (Wildman–Crippen MR) is 217 cm³/mol. The first-order chi connectivity index (χ1) is 29.3. The SMILES string of the molecule is CC(C)(C#Cc1ccc(-c2ccc(Cl)c3c(NS(C)(=O)=O)nn(CC(F)(F)F)c23)c([C@H](Cc2cc(F)cc(F)c2)NC(=O)Cn2nc(C(F)(F)F)c3c2C(F)(F)[C@@H]2C[C@H]32)n1)S(C)(=O)=O.[K]. The minimum absolute atomic E-state index is 0. The Balaban J connectivity index is 0.00000700. The normalized spacial score (nSPS) is 17.4. The van der Waals surface area contributed by atoms with Gasteiger partial charge in [0, 0.05) is 86.3 Å². The van der Waals surface area contributed by atoms with E-state index in [4.69, 9.17) is 11.6 Å². The zero-order valence-electron chi connectivity index (χ0n) is 34.4. The van der Waals surface area contributed by atoms with Crippen LogP contribution in [0.1, 0.15) is 66.1 Å². The Morgan fingerprint density at radius 3 is 2.17 bits per heavy atom. The summed E-state index contributed by atoms with van der Waals surface area (Å²) >= 11 is 6.46. The largest absolute Gasteiger partial charge is 0.435 e. The van der Waals surface area contributed by atoms with Gasteiger partial charge >= 0.3 is 12.4 Å². The van der Waals surface area contributed by atoms with Gasteiger partial charge in [-0.2, -0.15) is 45.3 Å². The van der Waals surface area contributed by atoms with Crippen LogP contribution in [-0.4, -0.2) is 122 Å². The third kappa shape index (κ3) is 10.5. The number of pyridine rings is 1. The van der Waals surface area contributed by atoms with Crippen molar-refractivity contribution in [1.82, 2.24) is 29.9 Å². The van der Waals surface area contributed by atoms with E-state index >= 15 is 8.78 Å². The summed E-state index contributed by atoms with van der Waals surface area (Å²) < 4.78 is 195. The number of benzene rings is 2. The van der Waals surface area contributed by atoms with Crippen LogP contribution < -0.4 is 10.0 Å². The number of aromatic nitrogens is 5. The van der Waals surface area contributed by atoms with Gasteiger partial charge in [0.05, 0.1) is 33.9 Å². The first-order valence-electron chi connectivity index (χ1n) is 18.6. The van der Waals surface area contributed by atoms with Crippen molar-refractivity contribution in [3.8, 4) is 23.0 Å². The molecular weight excluding hydrogens is 975 g/mol. The minimum atomic E-state index is -5.19. The van der Waals surface area contributed by atoms with Crippen LogP contribution in [0.2, 0.25) is 5.02 Å². The number of anilines is 1. The van der Waals surface area contributed by atoms with Crippen molar-refractivity contribution in [3.05, 3.63) is 93.0 Å². The third-order valence-corrected chi connectivity index (χ3v) is 13.4. The average molecular weight is 1010 g/mol. The number of hydrogen-bond acceptors (Lipinski definition) is 8. The summed E-state index contributed by atoms with van der Waals surface area (Å²) in [5, 5.41) is 9.01. The number of carbonyl (C=O) groups is 1. The standard InChI is InChI=1S/C39H32ClF10N7O5S2.K/c1-36(2,63(3,59)60)10-9-21-5-6-22(23-7-8-26(40)30-32(23)57(17-37(43,44)45)54-35(30)55-64(4,61)62)31(51-21)27(13-18-11-19(41)14-20(42)12-18)52-28(58)16-56-34-29(33(53-56)39(48,49)50)24-15-25(24)38(34,46)47;/h5-8,11-12,14,24-25,27H,13,15-17H2,1-4H3,(H,52,58)(H,54,55);/t24-,25+,27-;/m0./s1. The number of nitrogens with one attached hydrogen (secondary N) is 2. The van der Waals surface area contributed by atoms with E-state index in [0.717, 1.165) is 24.5 Å². The van der Waals surface area contributed by atoms with Crippen molar-refractivity contribution in [1.29, 1.82) is 0 Å². The van der Waals surface area contributed by atoms with Crippen molar-refractivity contribution < 1.29 is 65.5 Å². The molecule has 1 fully saturated rings. The number of fused-ring (bicyclic) bond motifs is 4. The van der Waals surface area contributed by atoms with E-state index in [2.05, 4.69) is 32.3 Å². The Morgan fingerprint density at radius 1 is 0.954 bits per heavy atom. The summed E-state index contributed by atoms with van der Waals surface area (Å²) in [6, 6.07) is 5.24. The molecule has 2 aliphatic carbocycles. The summed E-state index contributed by atoms with van der Waals surface area (Å²) in [6.07, 6.45) is -9.46. The van der Waals surface area contributed by atoms with Crippen molar-refractivity contribution in [2.24, 2.45) is 5.92 Å². The fraction of sp³-hybridized carbons (Fsp3) is 0.385. The van der Waals surface area contributed by atoms with Gasteiger partial charge in [0.1, 0.15) is 40.9 Å². The number of sulfonamides is 1. The number of carbonyl (C=O) groups excluding carboxylic acids is 1. The fourth-order valence-electron chi connectivity index (χ4n) is 7.52. The molecule has 26 heteroatoms. The molecule has 1 amide bonds. The van der Waals surface area contributed by atoms with Gasteiger partial charge in [0.2, 0.25) is 15.9 Å². The molecule has 0 aliphatic heterocycles. The molecule has 7 rings (SSSR count). The molecule has 1 radical (unpaired) electrons. The summed E-state index contributed by atoms with van der Waals surface area (Å²) in [5.74, 6) is -5.43. The van der Waals surface area contributed by atoms with E-state index in [9.17, 15) is 56.8 Å². The van der Waals surface area contributed by atoms with Crippen LogP contribution in [0.4, 0.5) is 49.7 Å². The van der Waals surface area contributed by atoms with Gasteiger partial charge < -0.3 is 5.32 Å². The number of sulfone groups is 1. The molecule has 3 heterocycles. The van der Waals surface area contributed by atoms with Crippen LogP contribution in [0.5, 0.6) is 0 Å². The van der Waals surface area contributed by atoms with Crippen LogP contribution in [0.15, 0.2) is 42.5 Å². The summed E-state index contributed by atoms with van der Waals surface area (Å²) in [4.78, 5) is 18.5. The van der Waals surface area contributed by atoms with E-state index in [1.165, 1.54) is 32.0 Å². The first-order valence-corrected chi connectivity index (χ1v) is 22.8. The number of amides is 1. The Kier molecular flexibility index (Phi) is 13.5. The van der Waals surface area contributed by atoms with E-state index in [1.807, 2.05) is 4.72 Å². The maximum absolute atomic E-state index is 15.5. The van der Waals surface area contributed by atoms with Crippen LogP contribution in [0.25, 0.3) is 22.0 Å². The van der Waals surface area contributed by atoms with Gasteiger partial charge in [-0.25, -0.2) is 30.6 Å². The molecule has 3 atom stereocenters. The molecule has 65 heavy (non-hydrogen) atoms. The molecule has 0 unspecified atom stereocenters. The molecule has 0 bridgehead atoms. The van der Waals surface area contributed by atoms with Crippen LogP contribution >= 0.6 is 11.6 Å². The quantitative estimate of drug-likeness (QED) is 0.0795. The molecule has 2 aromatic carbocycles. The van der Waals surface area contributed by atoms with Crippen molar-refractivity contribution >= 4 is 105 Å². The fourth-order valence-corrected chi connectivity index (χ4v) is 8.50. The second-order valence-electron chi connectivity index (χ2n) is 15.9. The second-order valence-corrected chi connectivity index (χ2v) is 20.6. The molecule has 5 aromatic rings. The zero-order chi connectivity index (χ0) is 47.3. The van der Waals surface area contributed by atoms with Gasteiger partial charge in [0.25, 0.3) is 5.92 Å². The molecule has 1 saturated carbocycles. The van der Waals surface area contributed by atoms with Crippen LogP contribution in [0, 0.1) is 29.4 Å². The number of hydrogen-bond donors (Lipinski definition) is 2. The van der Waals surface area contributed by atoms with Gasteiger partial charge in [0.15, 0.2) is 21.3 Å². The third-order valence-electron chi connectivity index (χ3n) is 10.6. The van der Waals surface area contributed by atoms with Gasteiger partial charge in [-0.15, -0.1) is 0 Å². The van der Waals surface area contributed by atoms with Crippen molar-refractivity contribution in [2.75, 3.05) is 17.2 Å². The molecule has 2 N–H and O–H groups in total. The molecular formula is C39H32ClF10KN7O5S2. The monoisotopic (exact) mass is 1010 g/mol. The smallest absolute Gasteiger partial charge is 0.346 e. The van der Waals surface area contributed by atoms with Gasteiger partial charge in [-0.3, -0.25) is 18.9 Å². The van der Waals surface area contributed by atoms with E-state index < -0.39 is 126 Å². The second kappa shape index (κ2) is 17.4. The Morgan fingerprint density at radius 2 is 1.58 bits per heavy atom. The summed E-state index contributed by atoms with van der Waals surface area (Å²) in [6.45, 7) is -0.547. The first kappa shape index (κ1) is 50.6. The maximum Gasteiger partial charge on any atom is 0.435 e. The number of alkyl halides is 8. The summed E-state index contributed by atoms with van der Waals surface area (Å²) in [7, 11) is -8.06. The molecule has 0 spiro atoms. The Hall–Kier alpha value is -3.77. The Bertz CT molecular complexity index is 3040. The molecule has 343 valence electrons. The van der Waals surface area contributed by atoms with Gasteiger partial charge in [-0.05, 0) is 74.4 Å². The van der Waals surface area contributed by atoms with Crippen molar-refractivity contribution in [2.45, 2.75) is 74.8 Å². The molecule has 12 nitrogen and oxygen atoms in total. The summed E-state index contributed by atoms with van der Waals surface area (Å²) in [5.41, 5.74) is -5.17. The number of rotatable bonds is 11. The number of nitrogens with zero attached hydrogens (tertiary/aromatic N) is 5. The molecule has 2 aliphatic rings. The number of halogens is 11. The van der Waals surface area contributed by atoms with Crippen molar-refractivity contribution in [3.63, 3.8) is 0 Å². The van der Waals surface area contributed by atoms with Gasteiger partial charge in [-0.1, -0.05) is 23.6 Å². The maximum atomic E-state index is 15.5. The minimum Gasteiger partial charge on any atom is -0.346 e. The topological polar surface area (TPSA) is 158 Å². The Labute approximate surface area is 411 Å². The van der Waals surface area contributed by atoms with E-state index in [0.29, 0.717) is 17.0 Å². The van der Waals surface area contributed by atoms with E-state index in [1.54, 1.807) is 0 Å². The molecule has 3 aromatic heterocycles. The van der Waals surface area contributed by atoms with Crippen LogP contribution in [-0.2, 0) is 56.3 Å². The van der Waals surface area contributed by atoms with Crippen LogP contribution in [0.3, 0.4) is 0 Å². The zero-order valence-corrected chi connectivity index (χ0v) is 39.9. The predicted octanol–water partition coefficient (Wildman–Crippen LogP) is 7.28. The van der Waals surface area contributed by atoms with E-state index in [-0.39, 0.29) is 101 Å².